The average Bonchev–Trinajstić information content (AvgIpc) is 2.00. The van der Waals surface area contributed by atoms with Crippen LogP contribution in [-0.2, 0) is 0 Å². The van der Waals surface area contributed by atoms with Crippen molar-refractivity contribution in [2.45, 2.75) is 39.2 Å². The molecule has 0 rings (SSSR count). The molecule has 0 bridgehead atoms. The summed E-state index contributed by atoms with van der Waals surface area (Å²) in [6.45, 7) is 6.40. The normalized spacial score (nSPS) is 14.1. The molecule has 0 heterocycles. The van der Waals surface area contributed by atoms with Gasteiger partial charge in [-0.15, -0.1) is 0 Å². The van der Waals surface area contributed by atoms with Crippen molar-refractivity contribution in [3.05, 3.63) is 0 Å². The summed E-state index contributed by atoms with van der Waals surface area (Å²) in [4.78, 5) is 3.13. The molecule has 0 aliphatic rings. The number of hydrogen-bond donors (Lipinski definition) is 2. The van der Waals surface area contributed by atoms with Crippen LogP contribution in [0.3, 0.4) is 0 Å². The summed E-state index contributed by atoms with van der Waals surface area (Å²) in [5.74, 6) is 5.70. The molecular weight excluding hydrogens is 150 g/mol. The van der Waals surface area contributed by atoms with Crippen molar-refractivity contribution in [3.63, 3.8) is 0 Å². The van der Waals surface area contributed by atoms with Gasteiger partial charge >= 0.3 is 0 Å². The summed E-state index contributed by atoms with van der Waals surface area (Å²) in [5, 5.41) is 1.77. The second kappa shape index (κ2) is 4.58. The number of hydrazine groups is 1. The molecule has 3 N–H and O–H groups in total. The van der Waals surface area contributed by atoms with Gasteiger partial charge in [-0.05, 0) is 20.3 Å². The topological polar surface area (TPSA) is 43.2 Å². The maximum absolute atomic E-state index is 5.70. The summed E-state index contributed by atoms with van der Waals surface area (Å²) < 4.78 is 0. The van der Waals surface area contributed by atoms with Crippen molar-refractivity contribution in [3.8, 4) is 0 Å². The van der Waals surface area contributed by atoms with Gasteiger partial charge in [0.25, 0.3) is 0 Å². The average molecular weight is 172 g/mol. The van der Waals surface area contributed by atoms with Crippen LogP contribution in [0, 0.1) is 0 Å². The highest BCUT2D eigenvalue weighted by Gasteiger charge is 2.21. The standard InChI is InChI=1S/C9H21N3/c1-8(11-4)6-7-9(2,3)12(5)10/h6-7,10H2,1-5H3/p+1. The molecule has 0 atom stereocenters. The molecule has 0 aromatic carbocycles. The van der Waals surface area contributed by atoms with E-state index >= 15 is 0 Å². The lowest BCUT2D eigenvalue weighted by Crippen LogP contribution is -2.67. The van der Waals surface area contributed by atoms with Gasteiger partial charge in [-0.1, -0.05) is 0 Å². The molecule has 0 aromatic rings. The minimum absolute atomic E-state index is 0.0815. The SMILES string of the molecule is C[NH+]=C(C)CCC(C)(C)N(C)N. The van der Waals surface area contributed by atoms with Crippen LogP contribution in [0.25, 0.3) is 0 Å². The van der Waals surface area contributed by atoms with E-state index in [9.17, 15) is 0 Å². The second-order valence-corrected chi connectivity index (χ2v) is 3.95. The Bertz CT molecular complexity index is 159. The van der Waals surface area contributed by atoms with Gasteiger partial charge < -0.3 is 0 Å². The highest BCUT2D eigenvalue weighted by molar-refractivity contribution is 5.75. The van der Waals surface area contributed by atoms with Gasteiger partial charge in [-0.25, -0.2) is 5.01 Å². The molecule has 0 radical (unpaired) electrons. The number of nitrogens with one attached hydrogen (secondary N) is 1. The molecule has 0 saturated carbocycles. The summed E-state index contributed by atoms with van der Waals surface area (Å²) in [7, 11) is 3.86. The van der Waals surface area contributed by atoms with Crippen LogP contribution in [0.5, 0.6) is 0 Å². The molecule has 0 unspecified atom stereocenters. The molecule has 12 heavy (non-hydrogen) atoms. The predicted molar refractivity (Wildman–Crippen MR) is 52.8 cm³/mol. The van der Waals surface area contributed by atoms with E-state index in [4.69, 9.17) is 5.84 Å². The molecule has 3 heteroatoms. The van der Waals surface area contributed by atoms with Crippen LogP contribution in [-0.4, -0.2) is 30.4 Å². The van der Waals surface area contributed by atoms with Gasteiger partial charge in [0.05, 0.1) is 0 Å². The van der Waals surface area contributed by atoms with Crippen LogP contribution in [0.2, 0.25) is 0 Å². The zero-order chi connectivity index (χ0) is 9.78. The van der Waals surface area contributed by atoms with E-state index in [-0.39, 0.29) is 5.54 Å². The molecule has 0 fully saturated rings. The Balaban J connectivity index is 3.92. The first-order valence-electron chi connectivity index (χ1n) is 4.39. The number of hydrogen-bond acceptors (Lipinski definition) is 2. The van der Waals surface area contributed by atoms with E-state index in [1.54, 1.807) is 5.01 Å². The maximum atomic E-state index is 5.70. The van der Waals surface area contributed by atoms with E-state index in [1.807, 2.05) is 14.1 Å². The predicted octanol–water partition coefficient (Wildman–Crippen LogP) is -0.478. The summed E-state index contributed by atoms with van der Waals surface area (Å²) in [5.41, 5.74) is 1.39. The first-order chi connectivity index (χ1) is 5.40. The quantitative estimate of drug-likeness (QED) is 0.342. The highest BCUT2D eigenvalue weighted by atomic mass is 15.4. The second-order valence-electron chi connectivity index (χ2n) is 3.95. The molecule has 0 amide bonds. The molecule has 0 aromatic heterocycles. The minimum atomic E-state index is 0.0815. The first-order valence-corrected chi connectivity index (χ1v) is 4.39. The zero-order valence-electron chi connectivity index (χ0n) is 8.94. The molecule has 0 saturated heterocycles. The number of nitrogens with two attached hydrogens (primary N) is 1. The Labute approximate surface area is 75.6 Å². The van der Waals surface area contributed by atoms with Gasteiger partial charge in [0.15, 0.2) is 0 Å². The Morgan fingerprint density at radius 3 is 2.33 bits per heavy atom. The van der Waals surface area contributed by atoms with E-state index in [2.05, 4.69) is 25.8 Å². The summed E-state index contributed by atoms with van der Waals surface area (Å²) in [6.07, 6.45) is 2.15. The van der Waals surface area contributed by atoms with Crippen molar-refractivity contribution in [1.29, 1.82) is 0 Å². The van der Waals surface area contributed by atoms with Crippen molar-refractivity contribution in [2.75, 3.05) is 14.1 Å². The van der Waals surface area contributed by atoms with Crippen molar-refractivity contribution < 1.29 is 4.99 Å². The molecule has 0 aliphatic carbocycles. The maximum Gasteiger partial charge on any atom is 0.147 e. The lowest BCUT2D eigenvalue weighted by Gasteiger charge is -2.31. The van der Waals surface area contributed by atoms with Gasteiger partial charge in [0.1, 0.15) is 12.8 Å². The van der Waals surface area contributed by atoms with E-state index < -0.39 is 0 Å². The smallest absolute Gasteiger partial charge is 0.147 e. The number of nitrogens with zero attached hydrogens (tertiary/aromatic N) is 1. The fourth-order valence-electron chi connectivity index (χ4n) is 0.795. The monoisotopic (exact) mass is 172 g/mol. The van der Waals surface area contributed by atoms with Gasteiger partial charge in [-0.3, -0.25) is 10.8 Å². The lowest BCUT2D eigenvalue weighted by molar-refractivity contribution is -0.421. The van der Waals surface area contributed by atoms with Gasteiger partial charge in [-0.2, -0.15) is 0 Å². The Hall–Kier alpha value is -0.410. The van der Waals surface area contributed by atoms with Crippen LogP contribution >= 0.6 is 0 Å². The van der Waals surface area contributed by atoms with Crippen molar-refractivity contribution >= 4 is 5.71 Å². The van der Waals surface area contributed by atoms with E-state index in [1.165, 1.54) is 5.71 Å². The van der Waals surface area contributed by atoms with E-state index in [0.717, 1.165) is 12.8 Å². The Morgan fingerprint density at radius 1 is 1.50 bits per heavy atom. The zero-order valence-corrected chi connectivity index (χ0v) is 8.94. The highest BCUT2D eigenvalue weighted by Crippen LogP contribution is 2.15. The van der Waals surface area contributed by atoms with Crippen molar-refractivity contribution in [1.82, 2.24) is 5.01 Å². The van der Waals surface area contributed by atoms with Crippen LogP contribution in [0.15, 0.2) is 0 Å². The summed E-state index contributed by atoms with van der Waals surface area (Å²) in [6, 6.07) is 0. The fraction of sp³-hybridized carbons (Fsp3) is 0.889. The van der Waals surface area contributed by atoms with E-state index in [0.29, 0.717) is 0 Å². The fourth-order valence-corrected chi connectivity index (χ4v) is 0.795. The third-order valence-corrected chi connectivity index (χ3v) is 2.49. The minimum Gasteiger partial charge on any atom is -0.269 e. The first kappa shape index (κ1) is 11.6. The third-order valence-electron chi connectivity index (χ3n) is 2.49. The molecule has 72 valence electrons. The molecule has 3 nitrogen and oxygen atoms in total. The lowest BCUT2D eigenvalue weighted by atomic mass is 9.96. The number of rotatable bonds is 4. The Kier molecular flexibility index (Phi) is 4.42. The van der Waals surface area contributed by atoms with Crippen LogP contribution in [0.4, 0.5) is 0 Å². The molecule has 0 spiro atoms. The third kappa shape index (κ3) is 3.83. The van der Waals surface area contributed by atoms with Gasteiger partial charge in [0, 0.05) is 25.9 Å². The van der Waals surface area contributed by atoms with Crippen LogP contribution in [0.1, 0.15) is 33.6 Å². The van der Waals surface area contributed by atoms with Crippen molar-refractivity contribution in [2.24, 2.45) is 5.84 Å². The molecule has 0 aliphatic heterocycles. The largest absolute Gasteiger partial charge is 0.269 e. The van der Waals surface area contributed by atoms with Gasteiger partial charge in [0.2, 0.25) is 0 Å². The Morgan fingerprint density at radius 2 is 2.00 bits per heavy atom. The van der Waals surface area contributed by atoms with Crippen LogP contribution < -0.4 is 10.8 Å². The molecular formula is C9H22N3+. The summed E-state index contributed by atoms with van der Waals surface area (Å²) >= 11 is 0.